The van der Waals surface area contributed by atoms with Gasteiger partial charge in [0.05, 0.1) is 15.5 Å². The molecule has 0 atom stereocenters. The summed E-state index contributed by atoms with van der Waals surface area (Å²) in [5, 5.41) is 1.99. The maximum Gasteiger partial charge on any atom is 0.216 e. The molecule has 0 unspecified atom stereocenters. The van der Waals surface area contributed by atoms with Gasteiger partial charge in [-0.25, -0.2) is 22.7 Å². The number of hydrogen-bond acceptors (Lipinski definition) is 6. The average Bonchev–Trinajstić information content (AvgIpc) is 3.39. The highest BCUT2D eigenvalue weighted by Crippen LogP contribution is 2.35. The van der Waals surface area contributed by atoms with E-state index in [1.807, 2.05) is 0 Å². The van der Waals surface area contributed by atoms with Crippen LogP contribution in [0.25, 0.3) is 10.2 Å². The van der Waals surface area contributed by atoms with Crippen molar-refractivity contribution in [3.63, 3.8) is 0 Å². The number of aromatic nitrogens is 2. The minimum Gasteiger partial charge on any atom is -0.355 e. The first-order chi connectivity index (χ1) is 11.5. The van der Waals surface area contributed by atoms with Gasteiger partial charge < -0.3 is 4.90 Å². The largest absolute Gasteiger partial charge is 0.355 e. The lowest BCUT2D eigenvalue weighted by Gasteiger charge is -2.36. The van der Waals surface area contributed by atoms with Crippen molar-refractivity contribution in [2.45, 2.75) is 43.9 Å². The van der Waals surface area contributed by atoms with Crippen LogP contribution in [0, 0.1) is 6.92 Å². The second-order valence-electron chi connectivity index (χ2n) is 6.77. The van der Waals surface area contributed by atoms with Gasteiger partial charge in [-0.2, -0.15) is 0 Å². The third-order valence-electron chi connectivity index (χ3n) is 5.14. The number of anilines is 1. The molecule has 0 spiro atoms. The van der Waals surface area contributed by atoms with Crippen molar-refractivity contribution in [2.24, 2.45) is 0 Å². The number of piperidine rings is 1. The Morgan fingerprint density at radius 2 is 1.92 bits per heavy atom. The van der Waals surface area contributed by atoms with Crippen LogP contribution in [-0.2, 0) is 10.0 Å². The molecule has 1 aliphatic heterocycles. The molecule has 1 aliphatic carbocycles. The van der Waals surface area contributed by atoms with E-state index in [0.717, 1.165) is 54.8 Å². The topological polar surface area (TPSA) is 66.4 Å². The van der Waals surface area contributed by atoms with Crippen molar-refractivity contribution >= 4 is 37.4 Å². The molecule has 0 radical (unpaired) electrons. The summed E-state index contributed by atoms with van der Waals surface area (Å²) in [6.07, 6.45) is 4.97. The molecule has 8 heteroatoms. The molecule has 24 heavy (non-hydrogen) atoms. The predicted molar refractivity (Wildman–Crippen MR) is 97.1 cm³/mol. The Morgan fingerprint density at radius 1 is 1.21 bits per heavy atom. The molecule has 130 valence electrons. The summed E-state index contributed by atoms with van der Waals surface area (Å²) in [4.78, 5) is 11.1. The third-order valence-corrected chi connectivity index (χ3v) is 8.64. The Labute approximate surface area is 146 Å². The molecule has 0 amide bonds. The number of nitrogens with zero attached hydrogens (tertiary/aromatic N) is 4. The zero-order chi connectivity index (χ0) is 16.9. The van der Waals surface area contributed by atoms with Crippen LogP contribution in [0.1, 0.15) is 31.2 Å². The van der Waals surface area contributed by atoms with Gasteiger partial charge in [0.25, 0.3) is 0 Å². The van der Waals surface area contributed by atoms with Crippen LogP contribution in [0.4, 0.5) is 5.82 Å². The van der Waals surface area contributed by atoms with Crippen LogP contribution < -0.4 is 4.90 Å². The van der Waals surface area contributed by atoms with Gasteiger partial charge in [0.1, 0.15) is 12.1 Å². The standard InChI is InChI=1S/C16H22N4O2S2/c1-11-9-23-15-14(11)17-10-18-16(15)20-7-5-12(6-8-20)19(2)24(21,22)13-3-4-13/h9-10,12-13H,3-8H2,1-2H3. The highest BCUT2D eigenvalue weighted by Gasteiger charge is 2.41. The Hall–Kier alpha value is -1.25. The van der Waals surface area contributed by atoms with Gasteiger partial charge in [-0.1, -0.05) is 0 Å². The second-order valence-corrected chi connectivity index (χ2v) is 9.92. The molecule has 6 nitrogen and oxygen atoms in total. The van der Waals surface area contributed by atoms with E-state index in [0.29, 0.717) is 0 Å². The summed E-state index contributed by atoms with van der Waals surface area (Å²) in [5.74, 6) is 0.990. The summed E-state index contributed by atoms with van der Waals surface area (Å²) < 4.78 is 27.6. The van der Waals surface area contributed by atoms with Gasteiger partial charge in [-0.3, -0.25) is 0 Å². The Morgan fingerprint density at radius 3 is 2.58 bits per heavy atom. The molecular formula is C16H22N4O2S2. The maximum atomic E-state index is 12.4. The number of aryl methyl sites for hydroxylation is 1. The Bertz CT molecular complexity index is 852. The number of fused-ring (bicyclic) bond motifs is 1. The van der Waals surface area contributed by atoms with Crippen molar-refractivity contribution in [2.75, 3.05) is 25.0 Å². The van der Waals surface area contributed by atoms with Gasteiger partial charge in [-0.15, -0.1) is 11.3 Å². The van der Waals surface area contributed by atoms with Gasteiger partial charge in [0.2, 0.25) is 10.0 Å². The molecule has 2 aliphatic rings. The molecule has 3 heterocycles. The van der Waals surface area contributed by atoms with Gasteiger partial charge in [0.15, 0.2) is 0 Å². The van der Waals surface area contributed by atoms with E-state index < -0.39 is 10.0 Å². The fourth-order valence-corrected chi connectivity index (χ4v) is 6.28. The summed E-state index contributed by atoms with van der Waals surface area (Å²) in [6, 6.07) is 0.106. The van der Waals surface area contributed by atoms with Gasteiger partial charge in [-0.05, 0) is 43.6 Å². The van der Waals surface area contributed by atoms with Gasteiger partial charge >= 0.3 is 0 Å². The highest BCUT2D eigenvalue weighted by atomic mass is 32.2. The van der Waals surface area contributed by atoms with E-state index in [9.17, 15) is 8.42 Å². The molecule has 2 fully saturated rings. The Kier molecular flexibility index (Phi) is 4.01. The van der Waals surface area contributed by atoms with Crippen LogP contribution in [0.5, 0.6) is 0 Å². The number of hydrogen-bond donors (Lipinski definition) is 0. The zero-order valence-corrected chi connectivity index (χ0v) is 15.6. The SMILES string of the molecule is Cc1csc2c(N3CCC(N(C)S(=O)(=O)C4CC4)CC3)ncnc12. The van der Waals surface area contributed by atoms with Crippen LogP contribution in [0.2, 0.25) is 0 Å². The first-order valence-corrected chi connectivity index (χ1v) is 10.8. The second kappa shape index (κ2) is 5.93. The normalized spacial score (nSPS) is 20.2. The molecule has 1 saturated heterocycles. The molecule has 0 aromatic carbocycles. The molecule has 1 saturated carbocycles. The quantitative estimate of drug-likeness (QED) is 0.831. The van der Waals surface area contributed by atoms with Crippen molar-refractivity contribution in [3.05, 3.63) is 17.3 Å². The van der Waals surface area contributed by atoms with E-state index in [2.05, 4.69) is 27.2 Å². The third kappa shape index (κ3) is 2.70. The highest BCUT2D eigenvalue weighted by molar-refractivity contribution is 7.90. The maximum absolute atomic E-state index is 12.4. The average molecular weight is 367 g/mol. The van der Waals surface area contributed by atoms with Crippen LogP contribution >= 0.6 is 11.3 Å². The lowest BCUT2D eigenvalue weighted by Crippen LogP contribution is -2.46. The monoisotopic (exact) mass is 366 g/mol. The van der Waals surface area contributed by atoms with E-state index in [-0.39, 0.29) is 11.3 Å². The lowest BCUT2D eigenvalue weighted by molar-refractivity contribution is 0.311. The van der Waals surface area contributed by atoms with Crippen LogP contribution in [0.3, 0.4) is 0 Å². The van der Waals surface area contributed by atoms with Crippen molar-refractivity contribution in [3.8, 4) is 0 Å². The number of sulfonamides is 1. The van der Waals surface area contributed by atoms with Gasteiger partial charge in [0, 0.05) is 26.2 Å². The zero-order valence-electron chi connectivity index (χ0n) is 14.0. The molecular weight excluding hydrogens is 344 g/mol. The minimum absolute atomic E-state index is 0.106. The first-order valence-electron chi connectivity index (χ1n) is 8.39. The fraction of sp³-hybridized carbons (Fsp3) is 0.625. The summed E-state index contributed by atoms with van der Waals surface area (Å²) in [5.41, 5.74) is 2.21. The summed E-state index contributed by atoms with van der Waals surface area (Å²) in [7, 11) is -1.34. The molecule has 4 rings (SSSR count). The van der Waals surface area contributed by atoms with Crippen LogP contribution in [0.15, 0.2) is 11.7 Å². The number of thiophene rings is 1. The summed E-state index contributed by atoms with van der Waals surface area (Å²) >= 11 is 1.68. The molecule has 0 bridgehead atoms. The predicted octanol–water partition coefficient (Wildman–Crippen LogP) is 2.39. The fourth-order valence-electron chi connectivity index (χ4n) is 3.43. The van der Waals surface area contributed by atoms with E-state index >= 15 is 0 Å². The van der Waals surface area contributed by atoms with Crippen molar-refractivity contribution in [1.82, 2.24) is 14.3 Å². The molecule has 2 aromatic rings. The summed E-state index contributed by atoms with van der Waals surface area (Å²) in [6.45, 7) is 3.73. The molecule has 0 N–H and O–H groups in total. The lowest BCUT2D eigenvalue weighted by atomic mass is 10.1. The Balaban J connectivity index is 1.49. The smallest absolute Gasteiger partial charge is 0.216 e. The van der Waals surface area contributed by atoms with E-state index in [4.69, 9.17) is 0 Å². The van der Waals surface area contributed by atoms with Crippen molar-refractivity contribution in [1.29, 1.82) is 0 Å². The van der Waals surface area contributed by atoms with Crippen LogP contribution in [-0.4, -0.2) is 54.1 Å². The minimum atomic E-state index is -3.09. The van der Waals surface area contributed by atoms with Crippen molar-refractivity contribution < 1.29 is 8.42 Å². The van der Waals surface area contributed by atoms with E-state index in [1.54, 1.807) is 29.0 Å². The molecule has 2 aromatic heterocycles. The van der Waals surface area contributed by atoms with E-state index in [1.165, 1.54) is 5.56 Å². The number of rotatable bonds is 4. The first kappa shape index (κ1) is 16.2.